The van der Waals surface area contributed by atoms with Gasteiger partial charge in [-0.25, -0.2) is 17.6 Å². The normalized spacial score (nSPS) is 37.2. The zero-order chi connectivity index (χ0) is 11.6. The molecule has 1 aliphatic carbocycles. The van der Waals surface area contributed by atoms with Crippen molar-refractivity contribution in [3.05, 3.63) is 11.1 Å². The maximum atomic E-state index is 13.4. The molecule has 4 heteroatoms. The Labute approximate surface area is 87.4 Å². The third kappa shape index (κ3) is 2.18. The standard InChI is InChI=1S/C11H16F4/c1-3-5-7-6(4-2)8(12)10(14)11(15)9(7)13/h8-11H,3-5H2,1-2H3. The van der Waals surface area contributed by atoms with Crippen molar-refractivity contribution in [3.8, 4) is 0 Å². The summed E-state index contributed by atoms with van der Waals surface area (Å²) < 4.78 is 53.0. The van der Waals surface area contributed by atoms with E-state index in [2.05, 4.69) is 0 Å². The van der Waals surface area contributed by atoms with Gasteiger partial charge in [-0.3, -0.25) is 0 Å². The number of hydrogen-bond donors (Lipinski definition) is 0. The SMILES string of the molecule is CCCC1=C(CC)C(F)C(F)C(F)C1F. The Balaban J connectivity index is 3.05. The van der Waals surface area contributed by atoms with Crippen molar-refractivity contribution in [1.29, 1.82) is 0 Å². The molecule has 0 aromatic rings. The van der Waals surface area contributed by atoms with E-state index in [9.17, 15) is 17.6 Å². The largest absolute Gasteiger partial charge is 0.241 e. The van der Waals surface area contributed by atoms with Gasteiger partial charge in [0.25, 0.3) is 0 Å². The molecule has 0 aromatic heterocycles. The molecule has 1 rings (SSSR count). The molecular formula is C11H16F4. The Morgan fingerprint density at radius 2 is 1.33 bits per heavy atom. The predicted octanol–water partition coefficient (Wildman–Crippen LogP) is 3.86. The third-order valence-electron chi connectivity index (χ3n) is 2.84. The van der Waals surface area contributed by atoms with Crippen molar-refractivity contribution in [2.24, 2.45) is 0 Å². The minimum atomic E-state index is -2.35. The van der Waals surface area contributed by atoms with Crippen molar-refractivity contribution in [1.82, 2.24) is 0 Å². The van der Waals surface area contributed by atoms with E-state index in [1.54, 1.807) is 13.8 Å². The van der Waals surface area contributed by atoms with Crippen molar-refractivity contribution in [2.45, 2.75) is 57.8 Å². The summed E-state index contributed by atoms with van der Waals surface area (Å²) in [6, 6.07) is 0. The first-order chi connectivity index (χ1) is 7.04. The molecule has 0 radical (unpaired) electrons. The van der Waals surface area contributed by atoms with E-state index in [1.807, 2.05) is 0 Å². The zero-order valence-electron chi connectivity index (χ0n) is 8.94. The van der Waals surface area contributed by atoms with Gasteiger partial charge in [-0.1, -0.05) is 20.3 Å². The minimum absolute atomic E-state index is 0.116. The molecule has 0 bridgehead atoms. The van der Waals surface area contributed by atoms with Gasteiger partial charge in [-0.2, -0.15) is 0 Å². The molecule has 4 unspecified atom stereocenters. The Bertz CT molecular complexity index is 249. The maximum Gasteiger partial charge on any atom is 0.169 e. The fraction of sp³-hybridized carbons (Fsp3) is 0.818. The van der Waals surface area contributed by atoms with Crippen LogP contribution in [0.5, 0.6) is 0 Å². The molecule has 0 aliphatic heterocycles. The molecule has 4 atom stereocenters. The summed E-state index contributed by atoms with van der Waals surface area (Å²) in [6.45, 7) is 3.44. The van der Waals surface area contributed by atoms with Gasteiger partial charge in [0.2, 0.25) is 0 Å². The minimum Gasteiger partial charge on any atom is -0.241 e. The van der Waals surface area contributed by atoms with Gasteiger partial charge < -0.3 is 0 Å². The van der Waals surface area contributed by atoms with Crippen LogP contribution in [0.3, 0.4) is 0 Å². The Kier molecular flexibility index (Phi) is 4.17. The van der Waals surface area contributed by atoms with E-state index in [1.165, 1.54) is 0 Å². The number of allylic oxidation sites excluding steroid dienone is 2. The van der Waals surface area contributed by atoms with Crippen LogP contribution in [0.1, 0.15) is 33.1 Å². The summed E-state index contributed by atoms with van der Waals surface area (Å²) in [5, 5.41) is 0. The third-order valence-corrected chi connectivity index (χ3v) is 2.84. The molecule has 0 amide bonds. The monoisotopic (exact) mass is 224 g/mol. The van der Waals surface area contributed by atoms with Crippen molar-refractivity contribution in [2.75, 3.05) is 0 Å². The molecule has 0 saturated heterocycles. The first-order valence-corrected chi connectivity index (χ1v) is 5.32. The Morgan fingerprint density at radius 3 is 1.73 bits per heavy atom. The smallest absolute Gasteiger partial charge is 0.169 e. The first-order valence-electron chi connectivity index (χ1n) is 5.32. The van der Waals surface area contributed by atoms with E-state index in [0.29, 0.717) is 12.8 Å². The Morgan fingerprint density at radius 1 is 0.867 bits per heavy atom. The van der Waals surface area contributed by atoms with Gasteiger partial charge in [0.15, 0.2) is 24.7 Å². The number of rotatable bonds is 3. The molecule has 0 nitrogen and oxygen atoms in total. The molecule has 0 fully saturated rings. The van der Waals surface area contributed by atoms with E-state index < -0.39 is 24.7 Å². The molecule has 0 saturated carbocycles. The fourth-order valence-corrected chi connectivity index (χ4v) is 2.05. The van der Waals surface area contributed by atoms with Gasteiger partial charge >= 0.3 is 0 Å². The molecule has 88 valence electrons. The highest BCUT2D eigenvalue weighted by Gasteiger charge is 2.44. The predicted molar refractivity (Wildman–Crippen MR) is 51.8 cm³/mol. The highest BCUT2D eigenvalue weighted by atomic mass is 19.2. The number of hydrogen-bond acceptors (Lipinski definition) is 0. The highest BCUT2D eigenvalue weighted by molar-refractivity contribution is 5.29. The molecule has 0 N–H and O–H groups in total. The van der Waals surface area contributed by atoms with Crippen LogP contribution in [-0.4, -0.2) is 24.7 Å². The van der Waals surface area contributed by atoms with Crippen LogP contribution in [0.2, 0.25) is 0 Å². The van der Waals surface area contributed by atoms with Gasteiger partial charge in [-0.05, 0) is 24.0 Å². The summed E-state index contributed by atoms with van der Waals surface area (Å²) in [5.41, 5.74) is 0.250. The molecule has 1 aliphatic rings. The second kappa shape index (κ2) is 4.99. The van der Waals surface area contributed by atoms with Crippen LogP contribution in [0.25, 0.3) is 0 Å². The lowest BCUT2D eigenvalue weighted by Crippen LogP contribution is -2.42. The molecule has 0 aromatic carbocycles. The van der Waals surface area contributed by atoms with Crippen molar-refractivity contribution < 1.29 is 17.6 Å². The van der Waals surface area contributed by atoms with E-state index in [0.717, 1.165) is 0 Å². The summed E-state index contributed by atoms with van der Waals surface area (Å²) in [4.78, 5) is 0. The molecule has 15 heavy (non-hydrogen) atoms. The van der Waals surface area contributed by atoms with E-state index in [-0.39, 0.29) is 17.6 Å². The molecule has 0 spiro atoms. The van der Waals surface area contributed by atoms with Gasteiger partial charge in [0.05, 0.1) is 0 Å². The topological polar surface area (TPSA) is 0 Å². The number of alkyl halides is 4. The van der Waals surface area contributed by atoms with Gasteiger partial charge in [0, 0.05) is 0 Å². The average molecular weight is 224 g/mol. The number of halogens is 4. The van der Waals surface area contributed by atoms with E-state index >= 15 is 0 Å². The lowest BCUT2D eigenvalue weighted by atomic mass is 9.83. The summed E-state index contributed by atoms with van der Waals surface area (Å²) >= 11 is 0. The van der Waals surface area contributed by atoms with E-state index in [4.69, 9.17) is 0 Å². The second-order valence-corrected chi connectivity index (χ2v) is 3.85. The van der Waals surface area contributed by atoms with Crippen LogP contribution >= 0.6 is 0 Å². The lowest BCUT2D eigenvalue weighted by Gasteiger charge is -2.31. The highest BCUT2D eigenvalue weighted by Crippen LogP contribution is 2.37. The fourth-order valence-electron chi connectivity index (χ4n) is 2.05. The van der Waals surface area contributed by atoms with Crippen LogP contribution < -0.4 is 0 Å². The second-order valence-electron chi connectivity index (χ2n) is 3.85. The van der Waals surface area contributed by atoms with Crippen LogP contribution in [0, 0.1) is 0 Å². The summed E-state index contributed by atoms with van der Waals surface area (Å²) in [7, 11) is 0. The Hall–Kier alpha value is -0.540. The first kappa shape index (κ1) is 12.5. The van der Waals surface area contributed by atoms with Crippen LogP contribution in [-0.2, 0) is 0 Å². The summed E-state index contributed by atoms with van der Waals surface area (Å²) in [6.07, 6.45) is -7.50. The molecule has 0 heterocycles. The van der Waals surface area contributed by atoms with Crippen molar-refractivity contribution >= 4 is 0 Å². The molecular weight excluding hydrogens is 208 g/mol. The van der Waals surface area contributed by atoms with Gasteiger partial charge in [-0.15, -0.1) is 0 Å². The zero-order valence-corrected chi connectivity index (χ0v) is 8.94. The van der Waals surface area contributed by atoms with Crippen LogP contribution in [0.15, 0.2) is 11.1 Å². The van der Waals surface area contributed by atoms with Crippen molar-refractivity contribution in [3.63, 3.8) is 0 Å². The average Bonchev–Trinajstić information content (AvgIpc) is 2.24. The van der Waals surface area contributed by atoms with Crippen LogP contribution in [0.4, 0.5) is 17.6 Å². The van der Waals surface area contributed by atoms with Gasteiger partial charge in [0.1, 0.15) is 0 Å². The summed E-state index contributed by atoms with van der Waals surface area (Å²) in [5.74, 6) is 0. The quantitative estimate of drug-likeness (QED) is 0.504. The lowest BCUT2D eigenvalue weighted by molar-refractivity contribution is 0.0390. The maximum absolute atomic E-state index is 13.4.